The van der Waals surface area contributed by atoms with E-state index in [-0.39, 0.29) is 0 Å². The molecule has 0 saturated heterocycles. The van der Waals surface area contributed by atoms with Crippen molar-refractivity contribution in [2.45, 2.75) is 53.1 Å². The number of hydrogen-bond donors (Lipinski definition) is 1. The Morgan fingerprint density at radius 2 is 2.11 bits per heavy atom. The van der Waals surface area contributed by atoms with Crippen LogP contribution >= 0.6 is 0 Å². The van der Waals surface area contributed by atoms with E-state index >= 15 is 0 Å². The first-order valence-electron chi connectivity index (χ1n) is 7.55. The summed E-state index contributed by atoms with van der Waals surface area (Å²) >= 11 is 0. The molecule has 1 aromatic rings. The summed E-state index contributed by atoms with van der Waals surface area (Å²) in [5, 5.41) is 3.37. The molecule has 3 nitrogen and oxygen atoms in total. The Labute approximate surface area is 117 Å². The van der Waals surface area contributed by atoms with Gasteiger partial charge in [-0.05, 0) is 43.9 Å². The van der Waals surface area contributed by atoms with Gasteiger partial charge < -0.3 is 10.2 Å². The van der Waals surface area contributed by atoms with E-state index in [2.05, 4.69) is 50.0 Å². The Kier molecular flexibility index (Phi) is 4.81. The van der Waals surface area contributed by atoms with Crippen molar-refractivity contribution in [3.05, 3.63) is 23.4 Å². The number of aromatic nitrogens is 1. The minimum Gasteiger partial charge on any atom is -0.353 e. The van der Waals surface area contributed by atoms with Crippen molar-refractivity contribution in [1.82, 2.24) is 10.3 Å². The van der Waals surface area contributed by atoms with Gasteiger partial charge in [0.15, 0.2) is 0 Å². The topological polar surface area (TPSA) is 28.2 Å². The molecule has 3 heteroatoms. The third-order valence-corrected chi connectivity index (χ3v) is 3.59. The second-order valence-electron chi connectivity index (χ2n) is 5.97. The third kappa shape index (κ3) is 3.93. The van der Waals surface area contributed by atoms with Crippen molar-refractivity contribution in [3.63, 3.8) is 0 Å². The van der Waals surface area contributed by atoms with E-state index in [4.69, 9.17) is 4.98 Å². The number of hydrogen-bond acceptors (Lipinski definition) is 3. The quantitative estimate of drug-likeness (QED) is 0.817. The zero-order valence-electron chi connectivity index (χ0n) is 12.7. The number of pyridine rings is 1. The summed E-state index contributed by atoms with van der Waals surface area (Å²) in [5.41, 5.74) is 2.47. The molecule has 0 unspecified atom stereocenters. The van der Waals surface area contributed by atoms with Gasteiger partial charge in [-0.1, -0.05) is 26.8 Å². The van der Waals surface area contributed by atoms with Crippen LogP contribution < -0.4 is 10.2 Å². The second-order valence-corrected chi connectivity index (χ2v) is 5.97. The van der Waals surface area contributed by atoms with Crippen LogP contribution in [0.4, 0.5) is 5.82 Å². The van der Waals surface area contributed by atoms with Crippen LogP contribution in [0.3, 0.4) is 0 Å². The smallest absolute Gasteiger partial charge is 0.129 e. The molecule has 0 spiro atoms. The van der Waals surface area contributed by atoms with Crippen LogP contribution in [0, 0.1) is 12.8 Å². The van der Waals surface area contributed by atoms with Crippen LogP contribution in [0.15, 0.2) is 12.1 Å². The molecule has 19 heavy (non-hydrogen) atoms. The maximum atomic E-state index is 4.83. The molecule has 1 aromatic heterocycles. The van der Waals surface area contributed by atoms with Crippen molar-refractivity contribution in [2.75, 3.05) is 18.0 Å². The lowest BCUT2D eigenvalue weighted by Crippen LogP contribution is -2.30. The van der Waals surface area contributed by atoms with E-state index in [1.54, 1.807) is 0 Å². The van der Waals surface area contributed by atoms with Crippen LogP contribution in [-0.4, -0.2) is 24.1 Å². The fourth-order valence-corrected chi connectivity index (χ4v) is 2.39. The van der Waals surface area contributed by atoms with Gasteiger partial charge in [0.1, 0.15) is 5.82 Å². The predicted octanol–water partition coefficient (Wildman–Crippen LogP) is 3.12. The largest absolute Gasteiger partial charge is 0.353 e. The van der Waals surface area contributed by atoms with Gasteiger partial charge in [0.2, 0.25) is 0 Å². The minimum atomic E-state index is 0.684. The van der Waals surface area contributed by atoms with E-state index < -0.39 is 0 Å². The molecule has 0 radical (unpaired) electrons. The lowest BCUT2D eigenvalue weighted by atomic mass is 10.1. The molecule has 106 valence electrons. The molecule has 1 fully saturated rings. The molecule has 1 saturated carbocycles. The van der Waals surface area contributed by atoms with Crippen molar-refractivity contribution in [1.29, 1.82) is 0 Å². The normalized spacial score (nSPS) is 15.0. The number of nitrogens with one attached hydrogen (secondary N) is 1. The average molecular weight is 261 g/mol. The Morgan fingerprint density at radius 3 is 2.63 bits per heavy atom. The SMILES string of the molecule is CCNCc1ccc(N(CC(C)C)C2CC2)nc1C. The summed E-state index contributed by atoms with van der Waals surface area (Å²) in [6, 6.07) is 5.16. The van der Waals surface area contributed by atoms with Crippen LogP contribution in [0.2, 0.25) is 0 Å². The Hall–Kier alpha value is -1.09. The third-order valence-electron chi connectivity index (χ3n) is 3.59. The average Bonchev–Trinajstić information content (AvgIpc) is 3.18. The highest BCUT2D eigenvalue weighted by molar-refractivity contribution is 5.44. The zero-order chi connectivity index (χ0) is 13.8. The molecular weight excluding hydrogens is 234 g/mol. The van der Waals surface area contributed by atoms with Crippen LogP contribution in [0.5, 0.6) is 0 Å². The predicted molar refractivity (Wildman–Crippen MR) is 81.6 cm³/mol. The van der Waals surface area contributed by atoms with E-state index in [0.717, 1.165) is 37.2 Å². The molecule has 0 bridgehead atoms. The first-order valence-corrected chi connectivity index (χ1v) is 7.55. The van der Waals surface area contributed by atoms with E-state index in [1.165, 1.54) is 18.4 Å². The summed E-state index contributed by atoms with van der Waals surface area (Å²) in [6.07, 6.45) is 2.65. The standard InChI is InChI=1S/C16H27N3/c1-5-17-10-14-6-9-16(18-13(14)4)19(11-12(2)3)15-7-8-15/h6,9,12,15,17H,5,7-8,10-11H2,1-4H3. The van der Waals surface area contributed by atoms with Crippen LogP contribution in [0.25, 0.3) is 0 Å². The Balaban J connectivity index is 2.12. The van der Waals surface area contributed by atoms with Gasteiger partial charge in [0, 0.05) is 24.8 Å². The van der Waals surface area contributed by atoms with Gasteiger partial charge in [0.05, 0.1) is 0 Å². The van der Waals surface area contributed by atoms with Crippen molar-refractivity contribution >= 4 is 5.82 Å². The lowest BCUT2D eigenvalue weighted by Gasteiger charge is -2.26. The molecule has 1 aliphatic rings. The maximum Gasteiger partial charge on any atom is 0.129 e. The number of nitrogens with zero attached hydrogens (tertiary/aromatic N) is 2. The maximum absolute atomic E-state index is 4.83. The number of anilines is 1. The van der Waals surface area contributed by atoms with Gasteiger partial charge in [-0.2, -0.15) is 0 Å². The van der Waals surface area contributed by atoms with E-state index in [1.807, 2.05) is 0 Å². The number of rotatable bonds is 7. The molecule has 0 aromatic carbocycles. The molecule has 0 amide bonds. The summed E-state index contributed by atoms with van der Waals surface area (Å²) in [4.78, 5) is 7.32. The minimum absolute atomic E-state index is 0.684. The highest BCUT2D eigenvalue weighted by Gasteiger charge is 2.30. The summed E-state index contributed by atoms with van der Waals surface area (Å²) < 4.78 is 0. The highest BCUT2D eigenvalue weighted by atomic mass is 15.2. The fourth-order valence-electron chi connectivity index (χ4n) is 2.39. The molecule has 2 rings (SSSR count). The lowest BCUT2D eigenvalue weighted by molar-refractivity contribution is 0.602. The summed E-state index contributed by atoms with van der Waals surface area (Å²) in [5.74, 6) is 1.85. The van der Waals surface area contributed by atoms with E-state index in [9.17, 15) is 0 Å². The first kappa shape index (κ1) is 14.3. The van der Waals surface area contributed by atoms with Crippen molar-refractivity contribution in [3.8, 4) is 0 Å². The summed E-state index contributed by atoms with van der Waals surface area (Å²) in [7, 11) is 0. The Bertz CT molecular complexity index is 410. The molecule has 1 aliphatic carbocycles. The molecule has 1 heterocycles. The first-order chi connectivity index (χ1) is 9.11. The van der Waals surface area contributed by atoms with E-state index in [0.29, 0.717) is 5.92 Å². The summed E-state index contributed by atoms with van der Waals surface area (Å²) in [6.45, 7) is 11.9. The van der Waals surface area contributed by atoms with Crippen LogP contribution in [0.1, 0.15) is 44.9 Å². The Morgan fingerprint density at radius 1 is 1.37 bits per heavy atom. The molecule has 1 N–H and O–H groups in total. The van der Waals surface area contributed by atoms with Gasteiger partial charge in [-0.15, -0.1) is 0 Å². The van der Waals surface area contributed by atoms with Gasteiger partial charge in [-0.3, -0.25) is 0 Å². The highest BCUT2D eigenvalue weighted by Crippen LogP contribution is 2.31. The molecular formula is C16H27N3. The van der Waals surface area contributed by atoms with Crippen LogP contribution in [-0.2, 0) is 6.54 Å². The fraction of sp³-hybridized carbons (Fsp3) is 0.688. The van der Waals surface area contributed by atoms with Crippen molar-refractivity contribution in [2.24, 2.45) is 5.92 Å². The zero-order valence-corrected chi connectivity index (χ0v) is 12.7. The number of aryl methyl sites for hydroxylation is 1. The van der Waals surface area contributed by atoms with Gasteiger partial charge in [-0.25, -0.2) is 4.98 Å². The molecule has 0 aliphatic heterocycles. The molecule has 0 atom stereocenters. The van der Waals surface area contributed by atoms with Gasteiger partial charge in [0.25, 0.3) is 0 Å². The van der Waals surface area contributed by atoms with Gasteiger partial charge >= 0.3 is 0 Å². The van der Waals surface area contributed by atoms with Crippen molar-refractivity contribution < 1.29 is 0 Å². The monoisotopic (exact) mass is 261 g/mol. The second kappa shape index (κ2) is 6.38.